The first kappa shape index (κ1) is 28.3. The first-order valence-corrected chi connectivity index (χ1v) is 7.55. The highest BCUT2D eigenvalue weighted by Crippen LogP contribution is 1.90. The average Bonchev–Trinajstić information content (AvgIpc) is 2.62. The van der Waals surface area contributed by atoms with E-state index >= 15 is 0 Å². The second-order valence-electron chi connectivity index (χ2n) is 4.50. The maximum atomic E-state index is 10.5. The molecule has 0 bridgehead atoms. The van der Waals surface area contributed by atoms with Crippen molar-refractivity contribution < 1.29 is 39.2 Å². The summed E-state index contributed by atoms with van der Waals surface area (Å²) in [5.41, 5.74) is 0.701. The van der Waals surface area contributed by atoms with Crippen molar-refractivity contribution in [2.24, 2.45) is 0 Å². The third kappa shape index (κ3) is 23.8. The monoisotopic (exact) mass is 375 g/mol. The maximum Gasteiger partial charge on any atom is 0.333 e. The van der Waals surface area contributed by atoms with Gasteiger partial charge in [0.25, 0.3) is 0 Å². The summed E-state index contributed by atoms with van der Waals surface area (Å²) in [5, 5.41) is 26.9. The molecule has 0 aliphatic carbocycles. The number of aliphatic hydroxyl groups excluding tert-OH is 3. The van der Waals surface area contributed by atoms with Gasteiger partial charge >= 0.3 is 11.9 Å². The molecule has 0 radical (unpaired) electrons. The summed E-state index contributed by atoms with van der Waals surface area (Å²) in [4.78, 5) is 31.2. The van der Waals surface area contributed by atoms with Gasteiger partial charge in [0.1, 0.15) is 13.2 Å². The predicted octanol–water partition coefficient (Wildman–Crippen LogP) is -0.523. The van der Waals surface area contributed by atoms with Gasteiger partial charge in [-0.05, 0) is 19.9 Å². The van der Waals surface area contributed by atoms with Gasteiger partial charge in [-0.15, -0.1) is 0 Å². The van der Waals surface area contributed by atoms with Gasteiger partial charge < -0.3 is 30.1 Å². The number of aliphatic hydroxyl groups is 3. The van der Waals surface area contributed by atoms with Crippen LogP contribution in [0.3, 0.4) is 0 Å². The summed E-state index contributed by atoms with van der Waals surface area (Å²) in [6, 6.07) is 0. The predicted molar refractivity (Wildman–Crippen MR) is 96.0 cm³/mol. The molecule has 0 saturated heterocycles. The molecule has 0 saturated carbocycles. The Kier molecular flexibility index (Phi) is 22.4. The Labute approximate surface area is 153 Å². The van der Waals surface area contributed by atoms with Gasteiger partial charge in [0, 0.05) is 17.7 Å². The van der Waals surface area contributed by atoms with Gasteiger partial charge in [0.2, 0.25) is 5.91 Å². The van der Waals surface area contributed by atoms with Gasteiger partial charge in [-0.2, -0.15) is 0 Å². The summed E-state index contributed by atoms with van der Waals surface area (Å²) < 4.78 is 8.93. The Morgan fingerprint density at radius 2 is 1.27 bits per heavy atom. The van der Waals surface area contributed by atoms with Gasteiger partial charge in [0.05, 0.1) is 19.8 Å². The number of amides is 1. The minimum atomic E-state index is -0.455. The normalized spacial score (nSPS) is 8.50. The molecule has 0 spiro atoms. The highest BCUT2D eigenvalue weighted by atomic mass is 16.5. The second kappa shape index (κ2) is 20.6. The lowest BCUT2D eigenvalue weighted by Gasteiger charge is -1.99. The number of rotatable bonds is 9. The van der Waals surface area contributed by atoms with Crippen LogP contribution in [0.4, 0.5) is 0 Å². The molecule has 0 atom stereocenters. The van der Waals surface area contributed by atoms with E-state index in [1.54, 1.807) is 13.8 Å². The number of ether oxygens (including phenoxy) is 2. The van der Waals surface area contributed by atoms with Crippen LogP contribution in [0.5, 0.6) is 0 Å². The van der Waals surface area contributed by atoms with E-state index in [0.29, 0.717) is 17.7 Å². The van der Waals surface area contributed by atoms with Crippen LogP contribution in [-0.2, 0) is 23.9 Å². The van der Waals surface area contributed by atoms with Crippen LogP contribution in [0.15, 0.2) is 37.0 Å². The van der Waals surface area contributed by atoms with E-state index in [-0.39, 0.29) is 38.9 Å². The van der Waals surface area contributed by atoms with Crippen LogP contribution in [0.1, 0.15) is 13.8 Å². The van der Waals surface area contributed by atoms with E-state index in [1.807, 2.05) is 0 Å². The lowest BCUT2D eigenvalue weighted by molar-refractivity contribution is -0.140. The fraction of sp³-hybridized carbons (Fsp3) is 0.471. The molecule has 0 aromatic carbocycles. The maximum absolute atomic E-state index is 10.5. The van der Waals surface area contributed by atoms with Crippen LogP contribution in [0, 0.1) is 0 Å². The molecule has 9 heteroatoms. The molecule has 0 rings (SSSR count). The Morgan fingerprint density at radius 3 is 1.50 bits per heavy atom. The molecule has 4 N–H and O–H groups in total. The summed E-state index contributed by atoms with van der Waals surface area (Å²) >= 11 is 0. The molecule has 150 valence electrons. The molecule has 1 amide bonds. The summed E-state index contributed by atoms with van der Waals surface area (Å²) in [6.07, 6.45) is 1.16. The summed E-state index contributed by atoms with van der Waals surface area (Å²) in [5.74, 6) is -1.16. The van der Waals surface area contributed by atoms with E-state index in [0.717, 1.165) is 6.08 Å². The first-order valence-electron chi connectivity index (χ1n) is 7.55. The fourth-order valence-corrected chi connectivity index (χ4v) is 0.774. The Balaban J connectivity index is -0.000000306. The minimum Gasteiger partial charge on any atom is -0.460 e. The minimum absolute atomic E-state index is 0.0282. The largest absolute Gasteiger partial charge is 0.460 e. The Hall–Kier alpha value is -2.49. The van der Waals surface area contributed by atoms with E-state index in [2.05, 4.69) is 34.5 Å². The second-order valence-corrected chi connectivity index (χ2v) is 4.50. The van der Waals surface area contributed by atoms with Gasteiger partial charge in [0.15, 0.2) is 0 Å². The van der Waals surface area contributed by atoms with Crippen molar-refractivity contribution in [1.29, 1.82) is 0 Å². The van der Waals surface area contributed by atoms with Crippen molar-refractivity contribution in [2.75, 3.05) is 39.6 Å². The summed E-state index contributed by atoms with van der Waals surface area (Å²) in [6.45, 7) is 13.1. The molecule has 0 aromatic heterocycles. The third-order valence-corrected chi connectivity index (χ3v) is 1.94. The Morgan fingerprint density at radius 1 is 0.885 bits per heavy atom. The van der Waals surface area contributed by atoms with E-state index in [4.69, 9.17) is 15.3 Å². The number of carbonyl (C=O) groups excluding carboxylic acids is 3. The van der Waals surface area contributed by atoms with Crippen molar-refractivity contribution in [3.8, 4) is 0 Å². The zero-order valence-electron chi connectivity index (χ0n) is 15.3. The SMILES string of the molecule is C=C(C)C(=O)OCCO.C=C(C)C(=O)OCCO.C=CC(=O)NCCO. The quantitative estimate of drug-likeness (QED) is 0.311. The molecule has 0 fully saturated rings. The van der Waals surface area contributed by atoms with E-state index in [9.17, 15) is 14.4 Å². The molecular formula is C17H29NO8. The highest BCUT2D eigenvalue weighted by Gasteiger charge is 2.00. The molecule has 0 aliphatic heterocycles. The molecule has 0 aliphatic rings. The van der Waals surface area contributed by atoms with Crippen molar-refractivity contribution in [3.05, 3.63) is 37.0 Å². The molecule has 9 nitrogen and oxygen atoms in total. The van der Waals surface area contributed by atoms with Crippen molar-refractivity contribution in [3.63, 3.8) is 0 Å². The van der Waals surface area contributed by atoms with Crippen molar-refractivity contribution in [1.82, 2.24) is 5.32 Å². The number of esters is 2. The molecular weight excluding hydrogens is 346 g/mol. The van der Waals surface area contributed by atoms with Crippen LogP contribution in [-0.4, -0.2) is 72.7 Å². The van der Waals surface area contributed by atoms with E-state index in [1.165, 1.54) is 0 Å². The first-order chi connectivity index (χ1) is 12.2. The van der Waals surface area contributed by atoms with Crippen LogP contribution in [0.2, 0.25) is 0 Å². The topological polar surface area (TPSA) is 142 Å². The molecule has 0 heterocycles. The van der Waals surface area contributed by atoms with Crippen LogP contribution < -0.4 is 5.32 Å². The number of hydrogen-bond acceptors (Lipinski definition) is 8. The fourth-order valence-electron chi connectivity index (χ4n) is 0.774. The lowest BCUT2D eigenvalue weighted by Crippen LogP contribution is -2.23. The van der Waals surface area contributed by atoms with Gasteiger partial charge in [-0.1, -0.05) is 19.7 Å². The van der Waals surface area contributed by atoms with Crippen LogP contribution in [0.25, 0.3) is 0 Å². The molecule has 0 aromatic rings. The Bertz CT molecular complexity index is 430. The van der Waals surface area contributed by atoms with E-state index < -0.39 is 11.9 Å². The standard InChI is InChI=1S/2C6H10O3.C5H9NO2/c2*1-5(2)6(8)9-4-3-7;1-2-5(8)6-3-4-7/h2*7H,1,3-4H2,2H3;2,7H,1,3-4H2,(H,6,8). The van der Waals surface area contributed by atoms with Gasteiger partial charge in [-0.25, -0.2) is 9.59 Å². The van der Waals surface area contributed by atoms with Gasteiger partial charge in [-0.3, -0.25) is 4.79 Å². The summed E-state index contributed by atoms with van der Waals surface area (Å²) in [7, 11) is 0. The van der Waals surface area contributed by atoms with Crippen molar-refractivity contribution >= 4 is 17.8 Å². The zero-order chi connectivity index (χ0) is 21.0. The number of carbonyl (C=O) groups is 3. The number of nitrogens with one attached hydrogen (secondary N) is 1. The van der Waals surface area contributed by atoms with Crippen LogP contribution >= 0.6 is 0 Å². The highest BCUT2D eigenvalue weighted by molar-refractivity contribution is 5.87. The zero-order valence-corrected chi connectivity index (χ0v) is 15.3. The van der Waals surface area contributed by atoms with Crippen molar-refractivity contribution in [2.45, 2.75) is 13.8 Å². The smallest absolute Gasteiger partial charge is 0.333 e. The lowest BCUT2D eigenvalue weighted by atomic mass is 10.4. The molecule has 26 heavy (non-hydrogen) atoms. The third-order valence-electron chi connectivity index (χ3n) is 1.94. The average molecular weight is 375 g/mol. The molecule has 0 unspecified atom stereocenters. The number of hydrogen-bond donors (Lipinski definition) is 4.